The minimum Gasteiger partial charge on any atom is -0.321 e. The Balaban J connectivity index is 2.78. The largest absolute Gasteiger partial charge is 0.321 e. The molecule has 13 heavy (non-hydrogen) atoms. The Kier molecular flexibility index (Phi) is 1.72. The van der Waals surface area contributed by atoms with E-state index in [9.17, 15) is 0 Å². The van der Waals surface area contributed by atoms with Gasteiger partial charge in [0, 0.05) is 17.3 Å². The van der Waals surface area contributed by atoms with Crippen molar-refractivity contribution in [2.24, 2.45) is 5.73 Å². The highest BCUT2D eigenvalue weighted by atomic mass is 32.1. The molecule has 0 bridgehead atoms. The van der Waals surface area contributed by atoms with Crippen LogP contribution in [0.4, 0.5) is 0 Å². The molecule has 2 rings (SSSR count). The van der Waals surface area contributed by atoms with Crippen molar-refractivity contribution in [3.8, 4) is 0 Å². The molecular weight excluding hydrogens is 182 g/mol. The molecular formula is C9H13N3S. The van der Waals surface area contributed by atoms with Crippen molar-refractivity contribution in [2.45, 2.75) is 26.3 Å². The Hall–Kier alpha value is -0.870. The average Bonchev–Trinajstić information content (AvgIpc) is 2.41. The van der Waals surface area contributed by atoms with Gasteiger partial charge in [-0.25, -0.2) is 4.98 Å². The molecule has 0 radical (unpaired) electrons. The molecule has 0 saturated carbocycles. The zero-order valence-electron chi connectivity index (χ0n) is 8.03. The van der Waals surface area contributed by atoms with Crippen LogP contribution in [-0.4, -0.2) is 9.38 Å². The lowest BCUT2D eigenvalue weighted by Gasteiger charge is -2.18. The Morgan fingerprint density at radius 1 is 1.54 bits per heavy atom. The smallest absolute Gasteiger partial charge is 0.194 e. The van der Waals surface area contributed by atoms with E-state index in [1.807, 2.05) is 20.0 Å². The van der Waals surface area contributed by atoms with Gasteiger partial charge in [0.2, 0.25) is 0 Å². The lowest BCUT2D eigenvalue weighted by Crippen LogP contribution is -2.30. The molecule has 2 aromatic rings. The molecule has 0 aliphatic heterocycles. The number of rotatable bonds is 1. The summed E-state index contributed by atoms with van der Waals surface area (Å²) in [6.07, 6.45) is 3.77. The SMILES string of the molecule is Cc1sc2nccn2c1C(C)(C)N. The molecule has 0 unspecified atom stereocenters. The van der Waals surface area contributed by atoms with E-state index in [-0.39, 0.29) is 5.54 Å². The number of nitrogens with two attached hydrogens (primary N) is 1. The fourth-order valence-corrected chi connectivity index (χ4v) is 2.75. The molecule has 0 aromatic carbocycles. The first-order valence-corrected chi connectivity index (χ1v) is 5.03. The summed E-state index contributed by atoms with van der Waals surface area (Å²) < 4.78 is 2.07. The van der Waals surface area contributed by atoms with Gasteiger partial charge >= 0.3 is 0 Å². The first-order chi connectivity index (χ1) is 6.00. The van der Waals surface area contributed by atoms with Gasteiger partial charge in [-0.2, -0.15) is 0 Å². The number of nitrogens with zero attached hydrogens (tertiary/aromatic N) is 2. The van der Waals surface area contributed by atoms with E-state index in [0.717, 1.165) is 10.7 Å². The highest BCUT2D eigenvalue weighted by Crippen LogP contribution is 2.28. The van der Waals surface area contributed by atoms with E-state index in [1.54, 1.807) is 17.5 Å². The summed E-state index contributed by atoms with van der Waals surface area (Å²) in [5, 5.41) is 0. The number of aromatic nitrogens is 2. The van der Waals surface area contributed by atoms with Crippen molar-refractivity contribution in [1.29, 1.82) is 0 Å². The molecule has 0 atom stereocenters. The average molecular weight is 195 g/mol. The molecule has 3 nitrogen and oxygen atoms in total. The van der Waals surface area contributed by atoms with Crippen LogP contribution in [0.15, 0.2) is 12.4 Å². The summed E-state index contributed by atoms with van der Waals surface area (Å²) in [7, 11) is 0. The van der Waals surface area contributed by atoms with Crippen LogP contribution in [0, 0.1) is 6.92 Å². The maximum atomic E-state index is 6.09. The highest BCUT2D eigenvalue weighted by Gasteiger charge is 2.22. The van der Waals surface area contributed by atoms with Crippen LogP contribution in [-0.2, 0) is 5.54 Å². The van der Waals surface area contributed by atoms with Crippen LogP contribution in [0.3, 0.4) is 0 Å². The summed E-state index contributed by atoms with van der Waals surface area (Å²) >= 11 is 1.68. The Bertz CT molecular complexity index is 433. The zero-order valence-corrected chi connectivity index (χ0v) is 8.85. The van der Waals surface area contributed by atoms with E-state index < -0.39 is 0 Å². The quantitative estimate of drug-likeness (QED) is 0.755. The second-order valence-electron chi connectivity index (χ2n) is 3.81. The number of fused-ring (bicyclic) bond motifs is 1. The number of aryl methyl sites for hydroxylation is 1. The fourth-order valence-electron chi connectivity index (χ4n) is 1.65. The Morgan fingerprint density at radius 2 is 2.23 bits per heavy atom. The fraction of sp³-hybridized carbons (Fsp3) is 0.444. The molecule has 0 aliphatic carbocycles. The van der Waals surface area contributed by atoms with Gasteiger partial charge in [-0.1, -0.05) is 0 Å². The van der Waals surface area contributed by atoms with Gasteiger partial charge in [-0.3, -0.25) is 4.40 Å². The molecule has 2 aromatic heterocycles. The third-order valence-corrected chi connectivity index (χ3v) is 3.02. The van der Waals surface area contributed by atoms with Gasteiger partial charge in [-0.15, -0.1) is 11.3 Å². The first kappa shape index (κ1) is 8.72. The van der Waals surface area contributed by atoms with Gasteiger partial charge < -0.3 is 5.73 Å². The topological polar surface area (TPSA) is 43.3 Å². The maximum Gasteiger partial charge on any atom is 0.194 e. The minimum atomic E-state index is -0.303. The van der Waals surface area contributed by atoms with Crippen LogP contribution < -0.4 is 5.73 Å². The number of thiazole rings is 1. The molecule has 0 aliphatic rings. The monoisotopic (exact) mass is 195 g/mol. The zero-order chi connectivity index (χ0) is 9.64. The molecule has 2 N–H and O–H groups in total. The lowest BCUT2D eigenvalue weighted by atomic mass is 10.0. The van der Waals surface area contributed by atoms with Gasteiger partial charge in [0.1, 0.15) is 0 Å². The molecule has 0 saturated heterocycles. The van der Waals surface area contributed by atoms with Gasteiger partial charge in [0.25, 0.3) is 0 Å². The second-order valence-corrected chi connectivity index (χ2v) is 4.99. The molecule has 0 spiro atoms. The van der Waals surface area contributed by atoms with Crippen molar-refractivity contribution in [2.75, 3.05) is 0 Å². The molecule has 2 heterocycles. The molecule has 0 fully saturated rings. The number of hydrogen-bond acceptors (Lipinski definition) is 3. The summed E-state index contributed by atoms with van der Waals surface area (Å²) in [4.78, 5) is 6.51. The standard InChI is InChI=1S/C9H13N3S/c1-6-7(9(2,3)10)12-5-4-11-8(12)13-6/h4-5H,10H2,1-3H3. The lowest BCUT2D eigenvalue weighted by molar-refractivity contribution is 0.528. The van der Waals surface area contributed by atoms with E-state index in [2.05, 4.69) is 16.3 Å². The van der Waals surface area contributed by atoms with Crippen LogP contribution in [0.25, 0.3) is 4.96 Å². The normalized spacial score (nSPS) is 12.6. The third kappa shape index (κ3) is 1.26. The van der Waals surface area contributed by atoms with Gasteiger partial charge in [-0.05, 0) is 20.8 Å². The number of imidazole rings is 1. The molecule has 0 amide bonds. The van der Waals surface area contributed by atoms with Gasteiger partial charge in [0.15, 0.2) is 4.96 Å². The third-order valence-electron chi connectivity index (χ3n) is 2.04. The summed E-state index contributed by atoms with van der Waals surface area (Å²) in [6.45, 7) is 6.12. The van der Waals surface area contributed by atoms with E-state index in [1.165, 1.54) is 4.88 Å². The van der Waals surface area contributed by atoms with Crippen molar-refractivity contribution in [3.05, 3.63) is 23.0 Å². The van der Waals surface area contributed by atoms with Gasteiger partial charge in [0.05, 0.1) is 11.2 Å². The van der Waals surface area contributed by atoms with Crippen molar-refractivity contribution in [3.63, 3.8) is 0 Å². The Labute approximate surface area is 81.2 Å². The highest BCUT2D eigenvalue weighted by molar-refractivity contribution is 7.17. The summed E-state index contributed by atoms with van der Waals surface area (Å²) in [6, 6.07) is 0. The van der Waals surface area contributed by atoms with Crippen molar-refractivity contribution in [1.82, 2.24) is 9.38 Å². The van der Waals surface area contributed by atoms with E-state index >= 15 is 0 Å². The summed E-state index contributed by atoms with van der Waals surface area (Å²) in [5.41, 5.74) is 6.94. The van der Waals surface area contributed by atoms with Crippen LogP contribution in [0.2, 0.25) is 0 Å². The molecule has 70 valence electrons. The second kappa shape index (κ2) is 2.56. The van der Waals surface area contributed by atoms with Crippen LogP contribution in [0.1, 0.15) is 24.4 Å². The van der Waals surface area contributed by atoms with Crippen LogP contribution >= 0.6 is 11.3 Å². The van der Waals surface area contributed by atoms with Crippen LogP contribution in [0.5, 0.6) is 0 Å². The minimum absolute atomic E-state index is 0.303. The van der Waals surface area contributed by atoms with Crippen molar-refractivity contribution < 1.29 is 0 Å². The summed E-state index contributed by atoms with van der Waals surface area (Å²) in [5.74, 6) is 0. The predicted molar refractivity (Wildman–Crippen MR) is 55.0 cm³/mol. The van der Waals surface area contributed by atoms with Crippen molar-refractivity contribution >= 4 is 16.3 Å². The number of hydrogen-bond donors (Lipinski definition) is 1. The Morgan fingerprint density at radius 3 is 2.85 bits per heavy atom. The van der Waals surface area contributed by atoms with E-state index in [4.69, 9.17) is 5.73 Å². The molecule has 4 heteroatoms. The van der Waals surface area contributed by atoms with E-state index in [0.29, 0.717) is 0 Å². The maximum absolute atomic E-state index is 6.09. The predicted octanol–water partition coefficient (Wildman–Crippen LogP) is 1.90. The first-order valence-electron chi connectivity index (χ1n) is 4.22.